The monoisotopic (exact) mass is 292 g/mol. The van der Waals surface area contributed by atoms with Crippen LogP contribution in [-0.4, -0.2) is 39.7 Å². The molecule has 2 N–H and O–H groups in total. The Morgan fingerprint density at radius 1 is 1.55 bits per heavy atom. The number of carbonyl (C=O) groups is 1. The lowest BCUT2D eigenvalue weighted by Crippen LogP contribution is -2.31. The quantitative estimate of drug-likeness (QED) is 0.920. The number of thiophene rings is 1. The summed E-state index contributed by atoms with van der Waals surface area (Å²) in [5.41, 5.74) is 6.95. The molecule has 1 aliphatic heterocycles. The van der Waals surface area contributed by atoms with Gasteiger partial charge >= 0.3 is 0 Å². The maximum absolute atomic E-state index is 12.5. The summed E-state index contributed by atoms with van der Waals surface area (Å²) in [6.07, 6.45) is 0.898. The van der Waals surface area contributed by atoms with Gasteiger partial charge in [-0.1, -0.05) is 13.8 Å². The van der Waals surface area contributed by atoms with Crippen LogP contribution in [0.1, 0.15) is 41.6 Å². The zero-order chi connectivity index (χ0) is 14.4. The second-order valence-corrected chi connectivity index (χ2v) is 6.82. The Labute approximate surface area is 122 Å². The molecule has 0 radical (unpaired) electrons. The molecule has 1 aliphatic rings. The van der Waals surface area contributed by atoms with Crippen LogP contribution in [0.2, 0.25) is 0 Å². The van der Waals surface area contributed by atoms with Crippen molar-refractivity contribution in [3.63, 3.8) is 0 Å². The summed E-state index contributed by atoms with van der Waals surface area (Å²) in [5, 5.41) is 5.65. The topological polar surface area (TPSA) is 64.2 Å². The van der Waals surface area contributed by atoms with Crippen molar-refractivity contribution in [2.24, 2.45) is 12.8 Å². The van der Waals surface area contributed by atoms with E-state index in [9.17, 15) is 4.79 Å². The van der Waals surface area contributed by atoms with Crippen LogP contribution < -0.4 is 5.73 Å². The Hall–Kier alpha value is -1.40. The molecule has 5 nitrogen and oxygen atoms in total. The Bertz CT molecular complexity index is 657. The van der Waals surface area contributed by atoms with Gasteiger partial charge in [-0.2, -0.15) is 5.10 Å². The van der Waals surface area contributed by atoms with E-state index in [1.165, 1.54) is 11.3 Å². The lowest BCUT2D eigenvalue weighted by atomic mass is 10.1. The van der Waals surface area contributed by atoms with Crippen LogP contribution in [0.15, 0.2) is 6.07 Å². The zero-order valence-electron chi connectivity index (χ0n) is 12.1. The molecule has 20 heavy (non-hydrogen) atoms. The van der Waals surface area contributed by atoms with Crippen molar-refractivity contribution < 1.29 is 4.79 Å². The average molecular weight is 292 g/mol. The summed E-state index contributed by atoms with van der Waals surface area (Å²) < 4.78 is 1.88. The van der Waals surface area contributed by atoms with E-state index in [0.717, 1.165) is 33.8 Å². The Balaban J connectivity index is 1.97. The molecule has 3 heterocycles. The molecule has 0 bridgehead atoms. The molecular formula is C14H20N4OS. The van der Waals surface area contributed by atoms with Crippen molar-refractivity contribution in [1.29, 1.82) is 0 Å². The predicted octanol–water partition coefficient (Wildman–Crippen LogP) is 1.93. The first kappa shape index (κ1) is 13.6. The maximum Gasteiger partial charge on any atom is 0.264 e. The molecule has 3 rings (SSSR count). The highest BCUT2D eigenvalue weighted by Crippen LogP contribution is 2.32. The third kappa shape index (κ3) is 2.13. The largest absolute Gasteiger partial charge is 0.336 e. The normalized spacial score (nSPS) is 19.4. The first-order valence-corrected chi connectivity index (χ1v) is 7.80. The summed E-state index contributed by atoms with van der Waals surface area (Å²) in [7, 11) is 1.94. The highest BCUT2D eigenvalue weighted by molar-refractivity contribution is 7.20. The third-order valence-electron chi connectivity index (χ3n) is 3.81. The van der Waals surface area contributed by atoms with Gasteiger partial charge in [0.05, 0.1) is 10.6 Å². The molecule has 0 spiro atoms. The number of fused-ring (bicyclic) bond motifs is 1. The lowest BCUT2D eigenvalue weighted by molar-refractivity contribution is 0.0795. The van der Waals surface area contributed by atoms with Crippen LogP contribution in [-0.2, 0) is 7.05 Å². The van der Waals surface area contributed by atoms with Gasteiger partial charge in [0, 0.05) is 31.6 Å². The van der Waals surface area contributed by atoms with Crippen LogP contribution in [0.25, 0.3) is 10.2 Å². The summed E-state index contributed by atoms with van der Waals surface area (Å²) in [6, 6.07) is 2.12. The van der Waals surface area contributed by atoms with E-state index >= 15 is 0 Å². The van der Waals surface area contributed by atoms with Gasteiger partial charge in [-0.05, 0) is 18.4 Å². The SMILES string of the molecule is CC(C)c1nn(C)c2sc(C(=O)N3CC[C@@H](N)C3)cc12. The Kier molecular flexibility index (Phi) is 3.30. The molecule has 6 heteroatoms. The molecule has 1 amide bonds. The minimum atomic E-state index is 0.105. The molecule has 108 valence electrons. The van der Waals surface area contributed by atoms with E-state index < -0.39 is 0 Å². The molecule has 0 unspecified atom stereocenters. The minimum Gasteiger partial charge on any atom is -0.336 e. The standard InChI is InChI=1S/C14H20N4OS/c1-8(2)12-10-6-11(20-14(10)17(3)16-12)13(19)18-5-4-9(15)7-18/h6,8-9H,4-5,7,15H2,1-3H3/t9-/m1/s1. The molecule has 1 atom stereocenters. The van der Waals surface area contributed by atoms with Crippen molar-refractivity contribution in [1.82, 2.24) is 14.7 Å². The van der Waals surface area contributed by atoms with Crippen LogP contribution in [0.5, 0.6) is 0 Å². The van der Waals surface area contributed by atoms with Gasteiger partial charge in [0.2, 0.25) is 0 Å². The third-order valence-corrected chi connectivity index (χ3v) is 5.00. The van der Waals surface area contributed by atoms with Crippen molar-refractivity contribution in [3.05, 3.63) is 16.6 Å². The smallest absolute Gasteiger partial charge is 0.264 e. The Morgan fingerprint density at radius 3 is 2.90 bits per heavy atom. The molecule has 1 saturated heterocycles. The van der Waals surface area contributed by atoms with Crippen LogP contribution in [0, 0.1) is 0 Å². The van der Waals surface area contributed by atoms with Crippen molar-refractivity contribution in [2.75, 3.05) is 13.1 Å². The molecular weight excluding hydrogens is 272 g/mol. The summed E-state index contributed by atoms with van der Waals surface area (Å²) in [5.74, 6) is 0.463. The number of aromatic nitrogens is 2. The fourth-order valence-corrected chi connectivity index (χ4v) is 3.77. The van der Waals surface area contributed by atoms with Gasteiger partial charge in [0.25, 0.3) is 5.91 Å². The highest BCUT2D eigenvalue weighted by Gasteiger charge is 2.27. The average Bonchev–Trinajstić information content (AvgIpc) is 3.05. The van der Waals surface area contributed by atoms with Gasteiger partial charge in [-0.15, -0.1) is 11.3 Å². The second kappa shape index (κ2) is 4.86. The van der Waals surface area contributed by atoms with Gasteiger partial charge in [0.1, 0.15) is 4.83 Å². The highest BCUT2D eigenvalue weighted by atomic mass is 32.1. The van der Waals surface area contributed by atoms with Crippen LogP contribution in [0.3, 0.4) is 0 Å². The zero-order valence-corrected chi connectivity index (χ0v) is 12.9. The Morgan fingerprint density at radius 2 is 2.30 bits per heavy atom. The molecule has 0 aliphatic carbocycles. The van der Waals surface area contributed by atoms with E-state index in [1.54, 1.807) is 0 Å². The number of carbonyl (C=O) groups excluding carboxylic acids is 1. The van der Waals surface area contributed by atoms with E-state index in [1.807, 2.05) is 22.7 Å². The van der Waals surface area contributed by atoms with Crippen molar-refractivity contribution in [3.8, 4) is 0 Å². The maximum atomic E-state index is 12.5. The van der Waals surface area contributed by atoms with Gasteiger partial charge < -0.3 is 10.6 Å². The number of hydrogen-bond acceptors (Lipinski definition) is 4. The number of hydrogen-bond donors (Lipinski definition) is 1. The number of aryl methyl sites for hydroxylation is 1. The molecule has 2 aromatic heterocycles. The summed E-state index contributed by atoms with van der Waals surface area (Å²) in [6.45, 7) is 5.69. The minimum absolute atomic E-state index is 0.105. The fourth-order valence-electron chi connectivity index (χ4n) is 2.73. The van der Waals surface area contributed by atoms with E-state index in [-0.39, 0.29) is 11.9 Å². The molecule has 0 aromatic carbocycles. The number of rotatable bonds is 2. The first-order valence-electron chi connectivity index (χ1n) is 6.98. The fraction of sp³-hybridized carbons (Fsp3) is 0.571. The number of likely N-dealkylation sites (tertiary alicyclic amines) is 1. The van der Waals surface area contributed by atoms with Crippen molar-refractivity contribution in [2.45, 2.75) is 32.2 Å². The summed E-state index contributed by atoms with van der Waals surface area (Å²) in [4.78, 5) is 16.2. The molecule has 1 fully saturated rings. The van der Waals surface area contributed by atoms with Crippen molar-refractivity contribution >= 4 is 27.5 Å². The van der Waals surface area contributed by atoms with Crippen LogP contribution in [0.4, 0.5) is 0 Å². The van der Waals surface area contributed by atoms with Crippen LogP contribution >= 0.6 is 11.3 Å². The van der Waals surface area contributed by atoms with E-state index in [0.29, 0.717) is 12.5 Å². The first-order chi connectivity index (χ1) is 9.47. The number of nitrogens with two attached hydrogens (primary N) is 1. The van der Waals surface area contributed by atoms with Gasteiger partial charge in [0.15, 0.2) is 0 Å². The number of nitrogens with zero attached hydrogens (tertiary/aromatic N) is 3. The summed E-state index contributed by atoms with van der Waals surface area (Å²) >= 11 is 1.53. The van der Waals surface area contributed by atoms with E-state index in [2.05, 4.69) is 18.9 Å². The predicted molar refractivity (Wildman–Crippen MR) is 81.2 cm³/mol. The lowest BCUT2D eigenvalue weighted by Gasteiger charge is -2.14. The van der Waals surface area contributed by atoms with Gasteiger partial charge in [-0.25, -0.2) is 0 Å². The van der Waals surface area contributed by atoms with E-state index in [4.69, 9.17) is 5.73 Å². The number of amides is 1. The molecule has 2 aromatic rings. The second-order valence-electron chi connectivity index (χ2n) is 5.79. The molecule has 0 saturated carbocycles. The van der Waals surface area contributed by atoms with Gasteiger partial charge in [-0.3, -0.25) is 9.48 Å².